The van der Waals surface area contributed by atoms with Crippen LogP contribution in [0, 0.1) is 0 Å². The second-order valence-electron chi connectivity index (χ2n) is 13.2. The van der Waals surface area contributed by atoms with Crippen molar-refractivity contribution in [1.29, 1.82) is 0 Å². The van der Waals surface area contributed by atoms with Gasteiger partial charge in [-0.2, -0.15) is 0 Å². The molecule has 0 unspecified atom stereocenters. The first-order valence-electron chi connectivity index (χ1n) is 15.6. The summed E-state index contributed by atoms with van der Waals surface area (Å²) in [4.78, 5) is -0.154. The molecule has 2 heterocycles. The molecule has 10 atom stereocenters. The van der Waals surface area contributed by atoms with Crippen molar-refractivity contribution in [3.05, 3.63) is 66.2 Å². The molecule has 2 fully saturated rings. The Morgan fingerprint density at radius 2 is 1.40 bits per heavy atom. The van der Waals surface area contributed by atoms with Gasteiger partial charge >= 0.3 is 277 Å². The average Bonchev–Trinajstić information content (AvgIpc) is 3.01. The van der Waals surface area contributed by atoms with E-state index in [1.165, 1.54) is 11.6 Å². The maximum atomic E-state index is 11.2. The third-order valence-electron chi connectivity index (χ3n) is 9.08. The van der Waals surface area contributed by atoms with E-state index in [2.05, 4.69) is 70.3 Å². The number of aliphatic hydroxyl groups excluding tert-OH is 1. The normalized spacial score (nSPS) is 32.8. The third-order valence-corrected chi connectivity index (χ3v) is 16.3. The number of aliphatic hydroxyl groups is 1. The topological polar surface area (TPSA) is 94.1 Å². The summed E-state index contributed by atoms with van der Waals surface area (Å²) in [6.07, 6.45) is -5.21. The molecule has 1 N–H and O–H groups in total. The molecule has 0 aliphatic carbocycles. The molecule has 9 nitrogen and oxygen atoms in total. The second-order valence-corrected chi connectivity index (χ2v) is 20.6. The van der Waals surface area contributed by atoms with Crippen molar-refractivity contribution in [1.82, 2.24) is 0 Å². The molecule has 11 heteroatoms. The van der Waals surface area contributed by atoms with Crippen LogP contribution in [0.1, 0.15) is 33.3 Å². The fourth-order valence-corrected chi connectivity index (χ4v) is 9.43. The number of rotatable bonds is 13. The van der Waals surface area contributed by atoms with Crippen LogP contribution in [0.3, 0.4) is 0 Å². The first-order chi connectivity index (χ1) is 21.4. The van der Waals surface area contributed by atoms with Crippen LogP contribution in [0.2, 0.25) is 22.9 Å². The van der Waals surface area contributed by atoms with Gasteiger partial charge < -0.3 is 0 Å². The van der Waals surface area contributed by atoms with Gasteiger partial charge in [0.1, 0.15) is 0 Å². The number of ether oxygens (including phenoxy) is 7. The Hall–Kier alpha value is -1.18. The Morgan fingerprint density at radius 3 is 1.98 bits per heavy atom. The van der Waals surface area contributed by atoms with Crippen molar-refractivity contribution in [3.63, 3.8) is 0 Å². The molecule has 0 amide bonds. The van der Waals surface area contributed by atoms with Gasteiger partial charge in [0.25, 0.3) is 0 Å². The van der Waals surface area contributed by atoms with Crippen molar-refractivity contribution in [2.24, 2.45) is 0 Å². The summed E-state index contributed by atoms with van der Waals surface area (Å²) < 4.78 is 51.2. The van der Waals surface area contributed by atoms with Gasteiger partial charge in [-0.1, -0.05) is 0 Å². The molecule has 2 saturated heterocycles. The number of benzene rings is 2. The number of hydrogen-bond acceptors (Lipinski definition) is 9. The van der Waals surface area contributed by atoms with Crippen LogP contribution in [-0.4, -0.2) is 112 Å². The molecule has 2 aliphatic heterocycles. The summed E-state index contributed by atoms with van der Waals surface area (Å²) in [7, 11) is 2.42. The van der Waals surface area contributed by atoms with Crippen LogP contribution in [0.5, 0.6) is 0 Å². The average molecular weight is 712 g/mol. The first-order valence-corrected chi connectivity index (χ1v) is 20.4. The number of hydrogen-bond donors (Lipinski definition) is 1. The van der Waals surface area contributed by atoms with E-state index in [4.69, 9.17) is 37.6 Å². The van der Waals surface area contributed by atoms with Gasteiger partial charge in [-0.25, -0.2) is 0 Å². The van der Waals surface area contributed by atoms with Gasteiger partial charge in [-0.05, 0) is 0 Å². The Balaban J connectivity index is 1.64. The Morgan fingerprint density at radius 1 is 0.778 bits per heavy atom. The predicted octanol–water partition coefficient (Wildman–Crippen LogP) is 4.30. The summed E-state index contributed by atoms with van der Waals surface area (Å²) in [5, 5.41) is 11.2. The van der Waals surface area contributed by atoms with Gasteiger partial charge in [0.2, 0.25) is 0 Å². The maximum absolute atomic E-state index is 11.2. The molecule has 2 aromatic carbocycles. The van der Waals surface area contributed by atoms with E-state index in [1.54, 1.807) is 14.2 Å². The van der Waals surface area contributed by atoms with E-state index in [0.717, 1.165) is 5.56 Å². The molecule has 2 aromatic rings. The first kappa shape index (κ1) is 36.6. The molecule has 4 rings (SSSR count). The minimum atomic E-state index is -2.20. The molecule has 45 heavy (non-hydrogen) atoms. The van der Waals surface area contributed by atoms with E-state index in [0.29, 0.717) is 6.61 Å². The van der Waals surface area contributed by atoms with E-state index in [9.17, 15) is 5.11 Å². The van der Waals surface area contributed by atoms with Crippen LogP contribution in [-0.2, 0) is 44.2 Å². The molecular weight excluding hydrogens is 659 g/mol. The molecule has 252 valence electrons. The molecule has 2 aliphatic rings. The standard InChI is InChI=1S/C34H52O9SeSi/c1-22-27(43-45(8,9)34(2,3)4)29(39-20-23-16-12-10-13-17-23)31(44-24-18-14-11-15-19-24)33(41-22)40-21-25-26(35)28(36-5)30(37-6)32(38-7)42-25/h10-19,22,25-33,35H,20-21H2,1-9H3/t22-,25-,26-,27-,28+,29+,30-,31+,32+,33+/m1/s1. The SMILES string of the molecule is CO[C@H]1O[C@H](CO[C@H]2O[C@H](C)[C@@H](O[Si](C)(C)C(C)(C)C)[C@H](OCc3ccccc3)[C@@H]2[Se]c2ccccc2)[C@@H](O)[C@H](OC)[C@H]1OC. The Kier molecular flexibility index (Phi) is 13.3. The van der Waals surface area contributed by atoms with Crippen LogP contribution in [0.4, 0.5) is 0 Å². The molecule has 0 spiro atoms. The Bertz CT molecular complexity index is 1150. The van der Waals surface area contributed by atoms with Crippen molar-refractivity contribution < 1.29 is 42.7 Å². The summed E-state index contributed by atoms with van der Waals surface area (Å²) >= 11 is -0.0974. The monoisotopic (exact) mass is 712 g/mol. The summed E-state index contributed by atoms with van der Waals surface area (Å²) in [5.74, 6) is 0. The van der Waals surface area contributed by atoms with Gasteiger partial charge in [0, 0.05) is 0 Å². The van der Waals surface area contributed by atoms with Crippen molar-refractivity contribution in [3.8, 4) is 0 Å². The van der Waals surface area contributed by atoms with E-state index >= 15 is 0 Å². The zero-order valence-corrected chi connectivity index (χ0v) is 30.8. The number of methoxy groups -OCH3 is 3. The fraction of sp³-hybridized carbons (Fsp3) is 0.647. The fourth-order valence-electron chi connectivity index (χ4n) is 5.45. The van der Waals surface area contributed by atoms with E-state index in [-0.39, 0.29) is 49.7 Å². The van der Waals surface area contributed by atoms with Gasteiger partial charge in [-0.15, -0.1) is 0 Å². The summed E-state index contributed by atoms with van der Waals surface area (Å²) in [6.45, 7) is 13.8. The molecule has 0 radical (unpaired) electrons. The molecule has 0 aromatic heterocycles. The van der Waals surface area contributed by atoms with Gasteiger partial charge in [-0.3, -0.25) is 0 Å². The minimum absolute atomic E-state index is 0.00835. The van der Waals surface area contributed by atoms with E-state index in [1.807, 2.05) is 31.2 Å². The van der Waals surface area contributed by atoms with Crippen LogP contribution in [0.15, 0.2) is 60.7 Å². The van der Waals surface area contributed by atoms with Gasteiger partial charge in [0.05, 0.1) is 0 Å². The second kappa shape index (κ2) is 16.3. The predicted molar refractivity (Wildman–Crippen MR) is 176 cm³/mol. The van der Waals surface area contributed by atoms with Crippen molar-refractivity contribution in [2.45, 2.75) is 113 Å². The summed E-state index contributed by atoms with van der Waals surface area (Å²) in [5.41, 5.74) is 1.09. The zero-order valence-electron chi connectivity index (χ0n) is 28.1. The quantitative estimate of drug-likeness (QED) is 0.306. The van der Waals surface area contributed by atoms with Crippen LogP contribution in [0.25, 0.3) is 0 Å². The molecular formula is C34H52O9SeSi. The van der Waals surface area contributed by atoms with Crippen LogP contribution < -0.4 is 4.46 Å². The molecule has 0 saturated carbocycles. The molecule has 0 bridgehead atoms. The van der Waals surface area contributed by atoms with Crippen molar-refractivity contribution >= 4 is 27.7 Å². The zero-order chi connectivity index (χ0) is 32.8. The van der Waals surface area contributed by atoms with Crippen LogP contribution >= 0.6 is 0 Å². The van der Waals surface area contributed by atoms with Gasteiger partial charge in [0.15, 0.2) is 0 Å². The van der Waals surface area contributed by atoms with E-state index < -0.39 is 45.3 Å². The Labute approximate surface area is 276 Å². The summed E-state index contributed by atoms with van der Waals surface area (Å²) in [6, 6.07) is 20.6. The third kappa shape index (κ3) is 9.04. The van der Waals surface area contributed by atoms with Crippen molar-refractivity contribution in [2.75, 3.05) is 27.9 Å².